The van der Waals surface area contributed by atoms with E-state index < -0.39 is 0 Å². The standard InChI is InChI=1S/C12H21N5/c1-4-13-10-7-11(15-9-14-10)17-6-5-16-12(2,3)8-17/h7,9,16H,4-6,8H2,1-3H3,(H,13,14,15). The summed E-state index contributed by atoms with van der Waals surface area (Å²) >= 11 is 0. The Hall–Kier alpha value is -1.36. The van der Waals surface area contributed by atoms with Crippen LogP contribution in [0.4, 0.5) is 11.6 Å². The Morgan fingerprint density at radius 3 is 3.00 bits per heavy atom. The Labute approximate surface area is 103 Å². The first-order chi connectivity index (χ1) is 8.11. The van der Waals surface area contributed by atoms with E-state index >= 15 is 0 Å². The van der Waals surface area contributed by atoms with Crippen molar-refractivity contribution in [3.05, 3.63) is 12.4 Å². The maximum atomic E-state index is 4.36. The van der Waals surface area contributed by atoms with Crippen LogP contribution in [-0.2, 0) is 0 Å². The number of hydrogen-bond acceptors (Lipinski definition) is 5. The highest BCUT2D eigenvalue weighted by Crippen LogP contribution is 2.19. The van der Waals surface area contributed by atoms with Crippen molar-refractivity contribution in [2.24, 2.45) is 0 Å². The maximum absolute atomic E-state index is 4.36. The van der Waals surface area contributed by atoms with Crippen molar-refractivity contribution in [3.63, 3.8) is 0 Å². The minimum Gasteiger partial charge on any atom is -0.370 e. The maximum Gasteiger partial charge on any atom is 0.134 e. The molecular formula is C12H21N5. The minimum absolute atomic E-state index is 0.140. The van der Waals surface area contributed by atoms with Crippen LogP contribution in [0.25, 0.3) is 0 Å². The molecule has 1 aliphatic heterocycles. The molecule has 0 bridgehead atoms. The zero-order valence-corrected chi connectivity index (χ0v) is 10.8. The van der Waals surface area contributed by atoms with Gasteiger partial charge in [0.15, 0.2) is 0 Å². The summed E-state index contributed by atoms with van der Waals surface area (Å²) in [6.45, 7) is 10.3. The van der Waals surface area contributed by atoms with Crippen molar-refractivity contribution < 1.29 is 0 Å². The Bertz CT molecular complexity index is 377. The van der Waals surface area contributed by atoms with Crippen LogP contribution < -0.4 is 15.5 Å². The largest absolute Gasteiger partial charge is 0.370 e. The van der Waals surface area contributed by atoms with Crippen molar-refractivity contribution in [2.45, 2.75) is 26.3 Å². The van der Waals surface area contributed by atoms with E-state index in [9.17, 15) is 0 Å². The fourth-order valence-electron chi connectivity index (χ4n) is 2.13. The van der Waals surface area contributed by atoms with Gasteiger partial charge in [-0.05, 0) is 20.8 Å². The molecular weight excluding hydrogens is 214 g/mol. The van der Waals surface area contributed by atoms with Crippen LogP contribution in [0.2, 0.25) is 0 Å². The van der Waals surface area contributed by atoms with Crippen molar-refractivity contribution in [3.8, 4) is 0 Å². The Morgan fingerprint density at radius 2 is 2.29 bits per heavy atom. The molecule has 0 saturated carbocycles. The van der Waals surface area contributed by atoms with E-state index in [1.807, 2.05) is 6.07 Å². The first-order valence-corrected chi connectivity index (χ1v) is 6.16. The van der Waals surface area contributed by atoms with Gasteiger partial charge in [-0.25, -0.2) is 9.97 Å². The van der Waals surface area contributed by atoms with Crippen molar-refractivity contribution in [1.29, 1.82) is 0 Å². The van der Waals surface area contributed by atoms with Crippen LogP contribution >= 0.6 is 0 Å². The molecule has 0 aromatic carbocycles. The van der Waals surface area contributed by atoms with E-state index in [0.29, 0.717) is 0 Å². The molecule has 0 amide bonds. The number of aromatic nitrogens is 2. The molecule has 5 nitrogen and oxygen atoms in total. The zero-order chi connectivity index (χ0) is 12.3. The van der Waals surface area contributed by atoms with Crippen molar-refractivity contribution >= 4 is 11.6 Å². The number of nitrogens with zero attached hydrogens (tertiary/aromatic N) is 3. The predicted octanol–water partition coefficient (Wildman–Crippen LogP) is 1.10. The van der Waals surface area contributed by atoms with Gasteiger partial charge in [0.25, 0.3) is 0 Å². The fraction of sp³-hybridized carbons (Fsp3) is 0.667. The third-order valence-corrected chi connectivity index (χ3v) is 2.91. The third-order valence-electron chi connectivity index (χ3n) is 2.91. The van der Waals surface area contributed by atoms with Gasteiger partial charge in [-0.1, -0.05) is 0 Å². The summed E-state index contributed by atoms with van der Waals surface area (Å²) < 4.78 is 0. The first-order valence-electron chi connectivity index (χ1n) is 6.16. The number of rotatable bonds is 3. The van der Waals surface area contributed by atoms with E-state index in [1.165, 1.54) is 0 Å². The molecule has 1 aromatic rings. The van der Waals surface area contributed by atoms with Crippen LogP contribution in [0.5, 0.6) is 0 Å². The third kappa shape index (κ3) is 3.06. The van der Waals surface area contributed by atoms with E-state index in [1.54, 1.807) is 6.33 Å². The minimum atomic E-state index is 0.140. The summed E-state index contributed by atoms with van der Waals surface area (Å²) in [4.78, 5) is 10.9. The normalized spacial score (nSPS) is 19.1. The Balaban J connectivity index is 2.13. The molecule has 0 unspecified atom stereocenters. The van der Waals surface area contributed by atoms with E-state index in [4.69, 9.17) is 0 Å². The molecule has 2 N–H and O–H groups in total. The topological polar surface area (TPSA) is 53.1 Å². The number of anilines is 2. The van der Waals surface area contributed by atoms with Gasteiger partial charge in [-0.3, -0.25) is 0 Å². The average Bonchev–Trinajstić information content (AvgIpc) is 2.28. The molecule has 0 spiro atoms. The van der Waals surface area contributed by atoms with Crippen LogP contribution in [0.1, 0.15) is 20.8 Å². The second-order valence-corrected chi connectivity index (χ2v) is 5.02. The number of hydrogen-bond donors (Lipinski definition) is 2. The average molecular weight is 235 g/mol. The summed E-state index contributed by atoms with van der Waals surface area (Å²) in [5.74, 6) is 1.90. The first kappa shape index (κ1) is 12.1. The van der Waals surface area contributed by atoms with Crippen LogP contribution in [0.15, 0.2) is 12.4 Å². The lowest BCUT2D eigenvalue weighted by Crippen LogP contribution is -2.57. The van der Waals surface area contributed by atoms with Gasteiger partial charge in [-0.2, -0.15) is 0 Å². The van der Waals surface area contributed by atoms with E-state index in [-0.39, 0.29) is 5.54 Å². The molecule has 2 rings (SSSR count). The van der Waals surface area contributed by atoms with Gasteiger partial charge in [0.2, 0.25) is 0 Å². The predicted molar refractivity (Wildman–Crippen MR) is 70.5 cm³/mol. The SMILES string of the molecule is CCNc1cc(N2CCNC(C)(C)C2)ncn1. The molecule has 5 heteroatoms. The molecule has 0 radical (unpaired) electrons. The molecule has 0 aliphatic carbocycles. The second kappa shape index (κ2) is 4.87. The van der Waals surface area contributed by atoms with Crippen molar-refractivity contribution in [1.82, 2.24) is 15.3 Å². The molecule has 2 heterocycles. The Morgan fingerprint density at radius 1 is 1.47 bits per heavy atom. The highest BCUT2D eigenvalue weighted by molar-refractivity contribution is 5.49. The quantitative estimate of drug-likeness (QED) is 0.821. The molecule has 1 aliphatic rings. The lowest BCUT2D eigenvalue weighted by atomic mass is 10.0. The summed E-state index contributed by atoms with van der Waals surface area (Å²) in [5, 5.41) is 6.71. The summed E-state index contributed by atoms with van der Waals surface area (Å²) in [5.41, 5.74) is 0.140. The van der Waals surface area contributed by atoms with Crippen LogP contribution in [-0.4, -0.2) is 41.7 Å². The lowest BCUT2D eigenvalue weighted by molar-refractivity contribution is 0.351. The van der Waals surface area contributed by atoms with Gasteiger partial charge in [0.1, 0.15) is 18.0 Å². The molecule has 1 aromatic heterocycles. The van der Waals surface area contributed by atoms with Gasteiger partial charge in [-0.15, -0.1) is 0 Å². The van der Waals surface area contributed by atoms with Gasteiger partial charge >= 0.3 is 0 Å². The highest BCUT2D eigenvalue weighted by Gasteiger charge is 2.26. The van der Waals surface area contributed by atoms with Crippen LogP contribution in [0.3, 0.4) is 0 Å². The smallest absolute Gasteiger partial charge is 0.134 e. The van der Waals surface area contributed by atoms with Gasteiger partial charge in [0, 0.05) is 37.8 Å². The lowest BCUT2D eigenvalue weighted by Gasteiger charge is -2.39. The summed E-state index contributed by atoms with van der Waals surface area (Å²) in [6.07, 6.45) is 1.63. The van der Waals surface area contributed by atoms with Crippen molar-refractivity contribution in [2.75, 3.05) is 36.4 Å². The number of nitrogens with one attached hydrogen (secondary N) is 2. The monoisotopic (exact) mass is 235 g/mol. The van der Waals surface area contributed by atoms with Crippen LogP contribution in [0, 0.1) is 0 Å². The molecule has 1 saturated heterocycles. The van der Waals surface area contributed by atoms with Gasteiger partial charge < -0.3 is 15.5 Å². The number of piperazine rings is 1. The second-order valence-electron chi connectivity index (χ2n) is 5.02. The van der Waals surface area contributed by atoms with E-state index in [0.717, 1.165) is 37.8 Å². The summed E-state index contributed by atoms with van der Waals surface area (Å²) in [6, 6.07) is 2.02. The molecule has 1 fully saturated rings. The van der Waals surface area contributed by atoms with E-state index in [2.05, 4.69) is 46.3 Å². The molecule has 94 valence electrons. The summed E-state index contributed by atoms with van der Waals surface area (Å²) in [7, 11) is 0. The molecule has 17 heavy (non-hydrogen) atoms. The Kier molecular flexibility index (Phi) is 3.47. The highest BCUT2D eigenvalue weighted by atomic mass is 15.3. The van der Waals surface area contributed by atoms with Gasteiger partial charge in [0.05, 0.1) is 0 Å². The molecule has 0 atom stereocenters. The fourth-order valence-corrected chi connectivity index (χ4v) is 2.13. The zero-order valence-electron chi connectivity index (χ0n) is 10.8.